The maximum atomic E-state index is 12.2. The lowest BCUT2D eigenvalue weighted by Crippen LogP contribution is -2.41. The van der Waals surface area contributed by atoms with Crippen LogP contribution in [0.3, 0.4) is 0 Å². The van der Waals surface area contributed by atoms with E-state index in [4.69, 9.17) is 0 Å². The van der Waals surface area contributed by atoms with Gasteiger partial charge in [0.05, 0.1) is 0 Å². The molecule has 1 fully saturated rings. The zero-order valence-electron chi connectivity index (χ0n) is 9.32. The van der Waals surface area contributed by atoms with Crippen molar-refractivity contribution >= 4 is 17.5 Å². The van der Waals surface area contributed by atoms with Crippen molar-refractivity contribution in [1.29, 1.82) is 0 Å². The first-order valence-corrected chi connectivity index (χ1v) is 5.65. The standard InChI is InChI=1S/C8H12ClF2NO.C2H6/c1-5(4-6-2-3-6)12-7(13)8(9,10)11;1-2/h5-6H,2-4H2,1H3,(H,12,13);1-2H3. The highest BCUT2D eigenvalue weighted by Crippen LogP contribution is 2.33. The second-order valence-corrected chi connectivity index (χ2v) is 4.03. The van der Waals surface area contributed by atoms with E-state index in [2.05, 4.69) is 16.9 Å². The van der Waals surface area contributed by atoms with Crippen molar-refractivity contribution in [2.24, 2.45) is 5.92 Å². The van der Waals surface area contributed by atoms with E-state index in [9.17, 15) is 13.6 Å². The first-order chi connectivity index (χ1) is 6.89. The topological polar surface area (TPSA) is 29.1 Å². The van der Waals surface area contributed by atoms with Gasteiger partial charge >= 0.3 is 11.3 Å². The summed E-state index contributed by atoms with van der Waals surface area (Å²) in [5.41, 5.74) is 0. The number of nitrogens with one attached hydrogen (secondary N) is 1. The summed E-state index contributed by atoms with van der Waals surface area (Å²) in [7, 11) is 0. The summed E-state index contributed by atoms with van der Waals surface area (Å²) in [6, 6.07) is -0.218. The zero-order chi connectivity index (χ0) is 12.1. The molecule has 1 amide bonds. The molecule has 0 bridgehead atoms. The van der Waals surface area contributed by atoms with Gasteiger partial charge in [-0.05, 0) is 30.9 Å². The molecule has 0 aliphatic heterocycles. The second-order valence-electron chi connectivity index (χ2n) is 3.55. The minimum atomic E-state index is -3.78. The second kappa shape index (κ2) is 6.26. The Morgan fingerprint density at radius 2 is 2.00 bits per heavy atom. The van der Waals surface area contributed by atoms with Crippen molar-refractivity contribution in [3.05, 3.63) is 0 Å². The Hall–Kier alpha value is -0.380. The van der Waals surface area contributed by atoms with Crippen LogP contribution in [-0.2, 0) is 4.79 Å². The third-order valence-electron chi connectivity index (χ3n) is 2.02. The predicted octanol–water partition coefficient (Wildman–Crippen LogP) is 3.15. The van der Waals surface area contributed by atoms with Crippen molar-refractivity contribution in [2.45, 2.75) is 51.5 Å². The van der Waals surface area contributed by atoms with E-state index in [1.54, 1.807) is 6.92 Å². The van der Waals surface area contributed by atoms with E-state index in [1.165, 1.54) is 0 Å². The summed E-state index contributed by atoms with van der Waals surface area (Å²) < 4.78 is 24.4. The average Bonchev–Trinajstić information content (AvgIpc) is 2.90. The van der Waals surface area contributed by atoms with Gasteiger partial charge in [-0.3, -0.25) is 4.79 Å². The molecule has 1 unspecified atom stereocenters. The van der Waals surface area contributed by atoms with Gasteiger partial charge in [0.2, 0.25) is 0 Å². The number of halogens is 3. The van der Waals surface area contributed by atoms with Crippen LogP contribution >= 0.6 is 11.6 Å². The van der Waals surface area contributed by atoms with Crippen LogP contribution < -0.4 is 5.32 Å². The molecule has 2 nitrogen and oxygen atoms in total. The summed E-state index contributed by atoms with van der Waals surface area (Å²) in [4.78, 5) is 10.7. The molecule has 0 saturated heterocycles. The Morgan fingerprint density at radius 1 is 1.53 bits per heavy atom. The smallest absolute Gasteiger partial charge is 0.347 e. The highest BCUT2D eigenvalue weighted by molar-refractivity contribution is 6.32. The molecule has 1 atom stereocenters. The molecule has 1 aliphatic carbocycles. The lowest BCUT2D eigenvalue weighted by molar-refractivity contribution is -0.136. The van der Waals surface area contributed by atoms with Crippen molar-refractivity contribution in [3.63, 3.8) is 0 Å². The Balaban J connectivity index is 0.000000921. The van der Waals surface area contributed by atoms with Crippen LogP contribution in [0.25, 0.3) is 0 Å². The minimum absolute atomic E-state index is 0.218. The van der Waals surface area contributed by atoms with Crippen LogP contribution in [0.2, 0.25) is 0 Å². The van der Waals surface area contributed by atoms with E-state index >= 15 is 0 Å². The third-order valence-corrected chi connectivity index (χ3v) is 2.19. The SMILES string of the molecule is CC.CC(CC1CC1)NC(=O)C(F)(F)Cl. The summed E-state index contributed by atoms with van der Waals surface area (Å²) in [5.74, 6) is -0.804. The van der Waals surface area contributed by atoms with Crippen LogP contribution in [0.15, 0.2) is 0 Å². The lowest BCUT2D eigenvalue weighted by Gasteiger charge is -2.15. The molecular weight excluding hydrogens is 224 g/mol. The molecule has 0 spiro atoms. The van der Waals surface area contributed by atoms with Gasteiger partial charge in [0.25, 0.3) is 0 Å². The minimum Gasteiger partial charge on any atom is -0.347 e. The van der Waals surface area contributed by atoms with Gasteiger partial charge in [-0.15, -0.1) is 0 Å². The molecule has 0 aromatic heterocycles. The molecule has 1 N–H and O–H groups in total. The Labute approximate surface area is 94.4 Å². The summed E-state index contributed by atoms with van der Waals surface area (Å²) in [6.07, 6.45) is 3.04. The maximum absolute atomic E-state index is 12.2. The van der Waals surface area contributed by atoms with Gasteiger partial charge in [-0.1, -0.05) is 26.7 Å². The number of alkyl halides is 3. The van der Waals surface area contributed by atoms with Crippen molar-refractivity contribution in [2.75, 3.05) is 0 Å². The van der Waals surface area contributed by atoms with Crippen molar-refractivity contribution in [1.82, 2.24) is 5.32 Å². The number of hydrogen-bond donors (Lipinski definition) is 1. The Bertz CT molecular complexity index is 202. The fourth-order valence-electron chi connectivity index (χ4n) is 1.22. The number of hydrogen-bond acceptors (Lipinski definition) is 1. The fraction of sp³-hybridized carbons (Fsp3) is 0.900. The molecule has 1 saturated carbocycles. The summed E-state index contributed by atoms with van der Waals surface area (Å²) in [6.45, 7) is 5.71. The Kier molecular flexibility index (Phi) is 6.10. The largest absolute Gasteiger partial charge is 0.399 e. The number of carbonyl (C=O) groups is 1. The van der Waals surface area contributed by atoms with E-state index in [0.717, 1.165) is 19.3 Å². The van der Waals surface area contributed by atoms with Crippen LogP contribution in [0.5, 0.6) is 0 Å². The molecule has 1 aliphatic rings. The molecule has 0 aromatic carbocycles. The molecule has 0 heterocycles. The van der Waals surface area contributed by atoms with Gasteiger partial charge in [0.1, 0.15) is 0 Å². The van der Waals surface area contributed by atoms with Gasteiger partial charge in [-0.2, -0.15) is 8.78 Å². The van der Waals surface area contributed by atoms with Gasteiger partial charge < -0.3 is 5.32 Å². The highest BCUT2D eigenvalue weighted by Gasteiger charge is 2.37. The highest BCUT2D eigenvalue weighted by atomic mass is 35.5. The van der Waals surface area contributed by atoms with Crippen molar-refractivity contribution < 1.29 is 13.6 Å². The average molecular weight is 242 g/mol. The van der Waals surface area contributed by atoms with E-state index in [0.29, 0.717) is 5.92 Å². The molecular formula is C10H18ClF2NO. The third kappa shape index (κ3) is 6.66. The normalized spacial score (nSPS) is 17.5. The first kappa shape index (κ1) is 14.6. The molecule has 90 valence electrons. The van der Waals surface area contributed by atoms with Crippen LogP contribution in [0.1, 0.15) is 40.0 Å². The maximum Gasteiger partial charge on any atom is 0.399 e. The first-order valence-electron chi connectivity index (χ1n) is 5.27. The van der Waals surface area contributed by atoms with Crippen LogP contribution in [-0.4, -0.2) is 17.3 Å². The van der Waals surface area contributed by atoms with Gasteiger partial charge in [0.15, 0.2) is 0 Å². The van der Waals surface area contributed by atoms with Crippen molar-refractivity contribution in [3.8, 4) is 0 Å². The summed E-state index contributed by atoms with van der Waals surface area (Å²) in [5, 5.41) is -1.61. The van der Waals surface area contributed by atoms with Crippen LogP contribution in [0, 0.1) is 5.92 Å². The molecule has 15 heavy (non-hydrogen) atoms. The monoisotopic (exact) mass is 241 g/mol. The van der Waals surface area contributed by atoms with E-state index in [-0.39, 0.29) is 6.04 Å². The van der Waals surface area contributed by atoms with E-state index < -0.39 is 11.3 Å². The number of carbonyl (C=O) groups excluding carboxylic acids is 1. The Morgan fingerprint density at radius 3 is 2.33 bits per heavy atom. The zero-order valence-corrected chi connectivity index (χ0v) is 10.1. The fourth-order valence-corrected chi connectivity index (χ4v) is 1.27. The lowest BCUT2D eigenvalue weighted by atomic mass is 10.1. The van der Waals surface area contributed by atoms with E-state index in [1.807, 2.05) is 13.8 Å². The molecule has 5 heteroatoms. The number of rotatable bonds is 4. The summed E-state index contributed by atoms with van der Waals surface area (Å²) >= 11 is 4.53. The molecule has 1 rings (SSSR count). The molecule has 0 aromatic rings. The number of amides is 1. The quantitative estimate of drug-likeness (QED) is 0.753. The molecule has 0 radical (unpaired) electrons. The predicted molar refractivity (Wildman–Crippen MR) is 57.1 cm³/mol. The van der Waals surface area contributed by atoms with Gasteiger partial charge in [-0.25, -0.2) is 0 Å². The van der Waals surface area contributed by atoms with Gasteiger partial charge in [0, 0.05) is 6.04 Å². The van der Waals surface area contributed by atoms with Crippen LogP contribution in [0.4, 0.5) is 8.78 Å².